The summed E-state index contributed by atoms with van der Waals surface area (Å²) in [6.45, 7) is 3.45. The molecule has 0 aliphatic heterocycles. The highest BCUT2D eigenvalue weighted by Gasteiger charge is 2.37. The van der Waals surface area contributed by atoms with Crippen molar-refractivity contribution in [2.75, 3.05) is 6.54 Å². The van der Waals surface area contributed by atoms with E-state index in [1.807, 2.05) is 0 Å². The third-order valence-corrected chi connectivity index (χ3v) is 6.00. The average Bonchev–Trinajstić information content (AvgIpc) is 2.86. The van der Waals surface area contributed by atoms with Crippen molar-refractivity contribution in [1.29, 1.82) is 0 Å². The summed E-state index contributed by atoms with van der Waals surface area (Å²) in [5.74, 6) is 0. The van der Waals surface area contributed by atoms with Gasteiger partial charge in [0.25, 0.3) is 5.69 Å². The van der Waals surface area contributed by atoms with Gasteiger partial charge in [-0.2, -0.15) is 0 Å². The summed E-state index contributed by atoms with van der Waals surface area (Å²) in [5, 5.41) is 11.0. The third kappa shape index (κ3) is 3.13. The molecule has 0 bridgehead atoms. The first-order valence-corrected chi connectivity index (χ1v) is 8.69. The average molecular weight is 327 g/mol. The first-order valence-electron chi connectivity index (χ1n) is 7.20. The van der Waals surface area contributed by atoms with Gasteiger partial charge in [-0.25, -0.2) is 13.1 Å². The minimum absolute atomic E-state index is 0.0514. The summed E-state index contributed by atoms with van der Waals surface area (Å²) in [4.78, 5) is 10.4. The minimum atomic E-state index is -3.85. The molecule has 1 aliphatic carbocycles. The molecule has 0 aromatic heterocycles. The molecular formula is C14H21N3O4S. The zero-order valence-corrected chi connectivity index (χ0v) is 13.6. The monoisotopic (exact) mass is 327 g/mol. The van der Waals surface area contributed by atoms with E-state index in [4.69, 9.17) is 5.73 Å². The van der Waals surface area contributed by atoms with E-state index in [0.717, 1.165) is 18.9 Å². The molecular weight excluding hydrogens is 306 g/mol. The lowest BCUT2D eigenvalue weighted by Crippen LogP contribution is -2.51. The van der Waals surface area contributed by atoms with E-state index >= 15 is 0 Å². The van der Waals surface area contributed by atoms with Gasteiger partial charge in [0.15, 0.2) is 0 Å². The topological polar surface area (TPSA) is 115 Å². The first-order chi connectivity index (χ1) is 10.2. The second-order valence-electron chi connectivity index (χ2n) is 5.96. The highest BCUT2D eigenvalue weighted by atomic mass is 32.2. The Kier molecular flexibility index (Phi) is 4.55. The molecule has 1 saturated carbocycles. The molecule has 1 aromatic carbocycles. The largest absolute Gasteiger partial charge is 0.329 e. The SMILES string of the molecule is Cc1cc(C)c(S(=O)(=O)NC2(CN)CCCC2)cc1[N+](=O)[O-]. The van der Waals surface area contributed by atoms with Gasteiger partial charge in [-0.15, -0.1) is 0 Å². The Bertz CT molecular complexity index is 694. The molecule has 0 spiro atoms. The maximum Gasteiger partial charge on any atom is 0.273 e. The molecule has 2 rings (SSSR count). The van der Waals surface area contributed by atoms with Crippen LogP contribution in [0.25, 0.3) is 0 Å². The third-order valence-electron chi connectivity index (χ3n) is 4.28. The molecule has 1 fully saturated rings. The Balaban J connectivity index is 2.45. The van der Waals surface area contributed by atoms with E-state index in [0.29, 0.717) is 24.0 Å². The molecule has 1 aliphatic rings. The van der Waals surface area contributed by atoms with Gasteiger partial charge in [0.05, 0.1) is 9.82 Å². The molecule has 7 nitrogen and oxygen atoms in total. The van der Waals surface area contributed by atoms with Crippen LogP contribution in [0.15, 0.2) is 17.0 Å². The van der Waals surface area contributed by atoms with Crippen LogP contribution >= 0.6 is 0 Å². The molecule has 8 heteroatoms. The molecule has 0 atom stereocenters. The lowest BCUT2D eigenvalue weighted by Gasteiger charge is -2.28. The number of nitro groups is 1. The minimum Gasteiger partial charge on any atom is -0.329 e. The van der Waals surface area contributed by atoms with Gasteiger partial charge in [0.1, 0.15) is 0 Å². The van der Waals surface area contributed by atoms with E-state index in [9.17, 15) is 18.5 Å². The van der Waals surface area contributed by atoms with Crippen molar-refractivity contribution in [1.82, 2.24) is 4.72 Å². The fourth-order valence-electron chi connectivity index (χ4n) is 3.05. The lowest BCUT2D eigenvalue weighted by atomic mass is 10.0. The number of hydrogen-bond acceptors (Lipinski definition) is 5. The van der Waals surface area contributed by atoms with E-state index in [1.165, 1.54) is 6.07 Å². The van der Waals surface area contributed by atoms with Gasteiger partial charge in [0, 0.05) is 23.7 Å². The Morgan fingerprint density at radius 3 is 2.36 bits per heavy atom. The zero-order valence-electron chi connectivity index (χ0n) is 12.8. The quantitative estimate of drug-likeness (QED) is 0.631. The van der Waals surface area contributed by atoms with Crippen molar-refractivity contribution in [3.8, 4) is 0 Å². The van der Waals surface area contributed by atoms with Gasteiger partial charge >= 0.3 is 0 Å². The fourth-order valence-corrected chi connectivity index (χ4v) is 4.76. The summed E-state index contributed by atoms with van der Waals surface area (Å²) < 4.78 is 28.0. The van der Waals surface area contributed by atoms with E-state index in [2.05, 4.69) is 4.72 Å². The molecule has 0 radical (unpaired) electrons. The number of nitrogens with zero attached hydrogens (tertiary/aromatic N) is 1. The Hall–Kier alpha value is -1.51. The summed E-state index contributed by atoms with van der Waals surface area (Å²) in [6, 6.07) is 2.66. The highest BCUT2D eigenvalue weighted by Crippen LogP contribution is 2.32. The van der Waals surface area contributed by atoms with Crippen LogP contribution in [0.4, 0.5) is 5.69 Å². The van der Waals surface area contributed by atoms with Crippen LogP contribution in [0.1, 0.15) is 36.8 Å². The van der Waals surface area contributed by atoms with Gasteiger partial charge < -0.3 is 5.73 Å². The molecule has 0 unspecified atom stereocenters. The summed E-state index contributed by atoms with van der Waals surface area (Å²) in [6.07, 6.45) is 3.23. The number of benzene rings is 1. The maximum atomic E-state index is 12.7. The fraction of sp³-hybridized carbons (Fsp3) is 0.571. The van der Waals surface area contributed by atoms with Gasteiger partial charge in [-0.3, -0.25) is 10.1 Å². The number of nitrogens with one attached hydrogen (secondary N) is 1. The predicted molar refractivity (Wildman–Crippen MR) is 83.1 cm³/mol. The van der Waals surface area contributed by atoms with Gasteiger partial charge in [0.2, 0.25) is 10.0 Å². The van der Waals surface area contributed by atoms with Crippen LogP contribution < -0.4 is 10.5 Å². The molecule has 22 heavy (non-hydrogen) atoms. The normalized spacial score (nSPS) is 17.6. The highest BCUT2D eigenvalue weighted by molar-refractivity contribution is 7.89. The van der Waals surface area contributed by atoms with Gasteiger partial charge in [-0.1, -0.05) is 12.8 Å². The van der Waals surface area contributed by atoms with Gasteiger partial charge in [-0.05, 0) is 38.3 Å². The number of sulfonamides is 1. The second-order valence-corrected chi connectivity index (χ2v) is 7.61. The number of nitro benzene ring substituents is 1. The van der Waals surface area contributed by atoms with Crippen LogP contribution in [-0.4, -0.2) is 25.4 Å². The molecule has 3 N–H and O–H groups in total. The number of aryl methyl sites for hydroxylation is 2. The van der Waals surface area contributed by atoms with Crippen LogP contribution in [0, 0.1) is 24.0 Å². The standard InChI is InChI=1S/C14H21N3O4S/c1-10-7-11(2)13(8-12(10)17(18)19)22(20,21)16-14(9-15)5-3-4-6-14/h7-8,16H,3-6,9,15H2,1-2H3. The first kappa shape index (κ1) is 16.9. The Labute approximate surface area is 130 Å². The molecule has 122 valence electrons. The van der Waals surface area contributed by atoms with Crippen molar-refractivity contribution < 1.29 is 13.3 Å². The van der Waals surface area contributed by atoms with Crippen LogP contribution in [0.2, 0.25) is 0 Å². The second kappa shape index (κ2) is 5.94. The van der Waals surface area contributed by atoms with Crippen molar-refractivity contribution in [2.24, 2.45) is 5.73 Å². The maximum absolute atomic E-state index is 12.7. The van der Waals surface area contributed by atoms with E-state index in [1.54, 1.807) is 13.8 Å². The van der Waals surface area contributed by atoms with Crippen LogP contribution in [0.5, 0.6) is 0 Å². The van der Waals surface area contributed by atoms with Crippen molar-refractivity contribution >= 4 is 15.7 Å². The summed E-state index contributed by atoms with van der Waals surface area (Å²) >= 11 is 0. The van der Waals surface area contributed by atoms with Crippen LogP contribution in [0.3, 0.4) is 0 Å². The smallest absolute Gasteiger partial charge is 0.273 e. The molecule has 1 aromatic rings. The molecule has 0 amide bonds. The summed E-state index contributed by atoms with van der Waals surface area (Å²) in [5.41, 5.74) is 5.86. The predicted octanol–water partition coefficient (Wildman–Crippen LogP) is 1.76. The molecule has 0 saturated heterocycles. The van der Waals surface area contributed by atoms with Crippen molar-refractivity contribution in [2.45, 2.75) is 50.0 Å². The van der Waals surface area contributed by atoms with E-state index in [-0.39, 0.29) is 17.1 Å². The number of rotatable bonds is 5. The lowest BCUT2D eigenvalue weighted by molar-refractivity contribution is -0.385. The number of hydrogen-bond donors (Lipinski definition) is 2. The van der Waals surface area contributed by atoms with Crippen LogP contribution in [-0.2, 0) is 10.0 Å². The van der Waals surface area contributed by atoms with Crippen molar-refractivity contribution in [3.63, 3.8) is 0 Å². The molecule has 0 heterocycles. The van der Waals surface area contributed by atoms with Crippen molar-refractivity contribution in [3.05, 3.63) is 33.4 Å². The Morgan fingerprint density at radius 1 is 1.27 bits per heavy atom. The van der Waals surface area contributed by atoms with E-state index < -0.39 is 20.5 Å². The Morgan fingerprint density at radius 2 is 1.86 bits per heavy atom. The zero-order chi connectivity index (χ0) is 16.5. The number of nitrogens with two attached hydrogens (primary N) is 1. The summed E-state index contributed by atoms with van der Waals surface area (Å²) in [7, 11) is -3.85.